The zero-order valence-electron chi connectivity index (χ0n) is 15.4. The average Bonchev–Trinajstić information content (AvgIpc) is 3.10. The van der Waals surface area contributed by atoms with Crippen LogP contribution in [-0.2, 0) is 4.79 Å². The number of thioether (sulfide) groups is 1. The Balaban J connectivity index is 1.63. The maximum absolute atomic E-state index is 12.3. The lowest BCUT2D eigenvalue weighted by Gasteiger charge is -2.26. The second-order valence-electron chi connectivity index (χ2n) is 6.86. The van der Waals surface area contributed by atoms with Crippen molar-refractivity contribution < 1.29 is 9.53 Å². The van der Waals surface area contributed by atoms with E-state index in [-0.39, 0.29) is 5.91 Å². The molecule has 3 rings (SSSR count). The molecule has 1 saturated carbocycles. The Morgan fingerprint density at radius 2 is 2.12 bits per heavy atom. The number of amides is 1. The van der Waals surface area contributed by atoms with Gasteiger partial charge in [-0.1, -0.05) is 24.8 Å². The number of hydrogen-bond acceptors (Lipinski definition) is 6. The van der Waals surface area contributed by atoms with Gasteiger partial charge in [-0.05, 0) is 66.6 Å². The minimum atomic E-state index is 0.0281. The number of aryl methyl sites for hydroxylation is 1. The summed E-state index contributed by atoms with van der Waals surface area (Å²) in [7, 11) is 1.61. The molecule has 1 heterocycles. The van der Waals surface area contributed by atoms with E-state index in [0.717, 1.165) is 30.0 Å². The largest absolute Gasteiger partial charge is 0.494 e. The Hall–Kier alpha value is -2.09. The van der Waals surface area contributed by atoms with Gasteiger partial charge in [-0.2, -0.15) is 4.68 Å². The fourth-order valence-corrected chi connectivity index (χ4v) is 3.88. The summed E-state index contributed by atoms with van der Waals surface area (Å²) in [5.41, 5.74) is 1.85. The molecule has 1 aliphatic rings. The number of nitrogens with zero attached hydrogens (tertiary/aromatic N) is 4. The summed E-state index contributed by atoms with van der Waals surface area (Å²) in [5, 5.41) is 15.6. The van der Waals surface area contributed by atoms with Crippen LogP contribution in [0, 0.1) is 12.8 Å². The summed E-state index contributed by atoms with van der Waals surface area (Å²) in [6.07, 6.45) is 4.50. The van der Waals surface area contributed by atoms with Crippen molar-refractivity contribution in [1.29, 1.82) is 0 Å². The topological polar surface area (TPSA) is 81.9 Å². The highest BCUT2D eigenvalue weighted by Gasteiger charge is 2.20. The van der Waals surface area contributed by atoms with Crippen molar-refractivity contribution in [3.8, 4) is 11.4 Å². The smallest absolute Gasteiger partial charge is 0.230 e. The molecule has 26 heavy (non-hydrogen) atoms. The van der Waals surface area contributed by atoms with Crippen molar-refractivity contribution in [2.75, 3.05) is 12.9 Å². The standard InChI is InChI=1S/C18H25N5O2S/c1-12-4-7-14(8-5-12)19-17(24)11-26-18-20-21-22-23(18)15-10-13(2)6-9-16(15)25-3/h6,9-10,12,14H,4-5,7-8,11H2,1-3H3,(H,19,24). The van der Waals surface area contributed by atoms with Gasteiger partial charge < -0.3 is 10.1 Å². The minimum Gasteiger partial charge on any atom is -0.494 e. The summed E-state index contributed by atoms with van der Waals surface area (Å²) in [4.78, 5) is 12.3. The number of benzene rings is 1. The predicted octanol–water partition coefficient (Wildman–Crippen LogP) is 2.77. The summed E-state index contributed by atoms with van der Waals surface area (Å²) in [6.45, 7) is 4.27. The average molecular weight is 375 g/mol. The van der Waals surface area contributed by atoms with E-state index in [1.54, 1.807) is 11.8 Å². The van der Waals surface area contributed by atoms with Gasteiger partial charge in [-0.3, -0.25) is 4.79 Å². The number of tetrazole rings is 1. The molecule has 7 nitrogen and oxygen atoms in total. The number of methoxy groups -OCH3 is 1. The Bertz CT molecular complexity index is 756. The third-order valence-corrected chi connectivity index (χ3v) is 5.64. The van der Waals surface area contributed by atoms with Gasteiger partial charge in [0.15, 0.2) is 0 Å². The third kappa shape index (κ3) is 4.55. The van der Waals surface area contributed by atoms with E-state index >= 15 is 0 Å². The molecular weight excluding hydrogens is 350 g/mol. The van der Waals surface area contributed by atoms with Gasteiger partial charge >= 0.3 is 0 Å². The number of rotatable bonds is 6. The molecular formula is C18H25N5O2S. The molecule has 0 spiro atoms. The Kier molecular flexibility index (Phi) is 6.13. The third-order valence-electron chi connectivity index (χ3n) is 4.72. The van der Waals surface area contributed by atoms with Crippen LogP contribution in [0.1, 0.15) is 38.2 Å². The van der Waals surface area contributed by atoms with E-state index < -0.39 is 0 Å². The molecule has 0 saturated heterocycles. The van der Waals surface area contributed by atoms with Crippen LogP contribution in [0.2, 0.25) is 0 Å². The number of carbonyl (C=O) groups excluding carboxylic acids is 1. The Morgan fingerprint density at radius 3 is 2.85 bits per heavy atom. The molecule has 0 aliphatic heterocycles. The first-order valence-electron chi connectivity index (χ1n) is 8.92. The summed E-state index contributed by atoms with van der Waals surface area (Å²) in [6, 6.07) is 6.12. The van der Waals surface area contributed by atoms with Crippen molar-refractivity contribution in [2.45, 2.75) is 50.7 Å². The van der Waals surface area contributed by atoms with E-state index in [9.17, 15) is 4.79 Å². The number of hydrogen-bond donors (Lipinski definition) is 1. The zero-order valence-corrected chi connectivity index (χ0v) is 16.3. The van der Waals surface area contributed by atoms with Crippen molar-refractivity contribution in [3.05, 3.63) is 23.8 Å². The second kappa shape index (κ2) is 8.53. The van der Waals surface area contributed by atoms with Crippen LogP contribution in [0.3, 0.4) is 0 Å². The Morgan fingerprint density at radius 1 is 1.35 bits per heavy atom. The maximum Gasteiger partial charge on any atom is 0.230 e. The van der Waals surface area contributed by atoms with E-state index in [1.165, 1.54) is 24.6 Å². The first-order chi connectivity index (χ1) is 12.6. The molecule has 0 bridgehead atoms. The van der Waals surface area contributed by atoms with Gasteiger partial charge in [0.25, 0.3) is 0 Å². The van der Waals surface area contributed by atoms with E-state index in [2.05, 4.69) is 27.8 Å². The van der Waals surface area contributed by atoms with Crippen LogP contribution in [-0.4, -0.2) is 45.0 Å². The van der Waals surface area contributed by atoms with Crippen molar-refractivity contribution >= 4 is 17.7 Å². The quantitative estimate of drug-likeness (QED) is 0.782. The van der Waals surface area contributed by atoms with Gasteiger partial charge in [-0.25, -0.2) is 0 Å². The molecule has 1 amide bonds. The Labute approximate surface area is 157 Å². The van der Waals surface area contributed by atoms with Crippen LogP contribution in [0.25, 0.3) is 5.69 Å². The maximum atomic E-state index is 12.3. The van der Waals surface area contributed by atoms with Crippen LogP contribution in [0.15, 0.2) is 23.4 Å². The van der Waals surface area contributed by atoms with E-state index in [0.29, 0.717) is 22.7 Å². The van der Waals surface area contributed by atoms with Gasteiger partial charge in [0.2, 0.25) is 11.1 Å². The monoisotopic (exact) mass is 375 g/mol. The van der Waals surface area contributed by atoms with Gasteiger partial charge in [0.05, 0.1) is 12.9 Å². The van der Waals surface area contributed by atoms with Crippen molar-refractivity contribution in [1.82, 2.24) is 25.5 Å². The highest BCUT2D eigenvalue weighted by Crippen LogP contribution is 2.27. The minimum absolute atomic E-state index is 0.0281. The second-order valence-corrected chi connectivity index (χ2v) is 7.80. The highest BCUT2D eigenvalue weighted by molar-refractivity contribution is 7.99. The summed E-state index contributed by atoms with van der Waals surface area (Å²) < 4.78 is 7.03. The molecule has 1 aliphatic carbocycles. The van der Waals surface area contributed by atoms with Crippen LogP contribution in [0.5, 0.6) is 5.75 Å². The van der Waals surface area contributed by atoms with Crippen LogP contribution < -0.4 is 10.1 Å². The molecule has 140 valence electrons. The van der Waals surface area contributed by atoms with Crippen molar-refractivity contribution in [2.24, 2.45) is 5.92 Å². The summed E-state index contributed by atoms with van der Waals surface area (Å²) in [5.74, 6) is 1.78. The molecule has 0 unspecified atom stereocenters. The normalized spacial score (nSPS) is 20.0. The van der Waals surface area contributed by atoms with E-state index in [4.69, 9.17) is 4.74 Å². The summed E-state index contributed by atoms with van der Waals surface area (Å²) >= 11 is 1.33. The highest BCUT2D eigenvalue weighted by atomic mass is 32.2. The molecule has 1 N–H and O–H groups in total. The molecule has 1 aromatic carbocycles. The lowest BCUT2D eigenvalue weighted by Crippen LogP contribution is -2.38. The van der Waals surface area contributed by atoms with Gasteiger partial charge in [0, 0.05) is 6.04 Å². The molecule has 0 atom stereocenters. The van der Waals surface area contributed by atoms with Crippen LogP contribution in [0.4, 0.5) is 0 Å². The van der Waals surface area contributed by atoms with Crippen molar-refractivity contribution in [3.63, 3.8) is 0 Å². The predicted molar refractivity (Wildman–Crippen MR) is 101 cm³/mol. The molecule has 8 heteroatoms. The number of aromatic nitrogens is 4. The molecule has 1 fully saturated rings. The van der Waals surface area contributed by atoms with Gasteiger partial charge in [0.1, 0.15) is 11.4 Å². The number of ether oxygens (including phenoxy) is 1. The number of carbonyl (C=O) groups is 1. The SMILES string of the molecule is COc1ccc(C)cc1-n1nnnc1SCC(=O)NC1CCC(C)CC1. The number of nitrogens with one attached hydrogen (secondary N) is 1. The van der Waals surface area contributed by atoms with Crippen LogP contribution >= 0.6 is 11.8 Å². The first-order valence-corrected chi connectivity index (χ1v) is 9.91. The molecule has 0 radical (unpaired) electrons. The molecule has 2 aromatic rings. The fraction of sp³-hybridized carbons (Fsp3) is 0.556. The lowest BCUT2D eigenvalue weighted by atomic mass is 9.87. The van der Waals surface area contributed by atoms with Gasteiger partial charge in [-0.15, -0.1) is 5.10 Å². The zero-order chi connectivity index (χ0) is 18.5. The fourth-order valence-electron chi connectivity index (χ4n) is 3.19. The first kappa shape index (κ1) is 18.7. The molecule has 1 aromatic heterocycles. The lowest BCUT2D eigenvalue weighted by molar-refractivity contribution is -0.119. The van der Waals surface area contributed by atoms with E-state index in [1.807, 2.05) is 25.1 Å².